The Bertz CT molecular complexity index is 412. The number of aryl methyl sites for hydroxylation is 1. The molecule has 1 aliphatic rings. The standard InChI is InChI=1S/C14H20N2O2/c1-3-18-14(17)12-6-4-11(5-7-12)13-9-15-8-10(2)16-13/h8-9,11-12H,3-7H2,1-2H3. The highest BCUT2D eigenvalue weighted by Crippen LogP contribution is 2.35. The van der Waals surface area contributed by atoms with Crippen molar-refractivity contribution < 1.29 is 9.53 Å². The Morgan fingerprint density at radius 3 is 2.67 bits per heavy atom. The Hall–Kier alpha value is -1.45. The van der Waals surface area contributed by atoms with Crippen LogP contribution < -0.4 is 0 Å². The molecule has 0 radical (unpaired) electrons. The van der Waals surface area contributed by atoms with Crippen LogP contribution in [0.4, 0.5) is 0 Å². The van der Waals surface area contributed by atoms with Crippen molar-refractivity contribution in [2.45, 2.75) is 45.4 Å². The highest BCUT2D eigenvalue weighted by atomic mass is 16.5. The van der Waals surface area contributed by atoms with Gasteiger partial charge in [-0.05, 0) is 39.5 Å². The van der Waals surface area contributed by atoms with Gasteiger partial charge in [0, 0.05) is 18.3 Å². The summed E-state index contributed by atoms with van der Waals surface area (Å²) in [7, 11) is 0. The molecule has 1 aromatic rings. The highest BCUT2D eigenvalue weighted by Gasteiger charge is 2.28. The summed E-state index contributed by atoms with van der Waals surface area (Å²) in [6.07, 6.45) is 7.43. The summed E-state index contributed by atoms with van der Waals surface area (Å²) in [5, 5.41) is 0. The van der Waals surface area contributed by atoms with Crippen LogP contribution in [0, 0.1) is 12.8 Å². The predicted octanol–water partition coefficient (Wildman–Crippen LogP) is 2.62. The molecule has 0 aliphatic heterocycles. The molecular formula is C14H20N2O2. The first kappa shape index (κ1) is 13.0. The molecule has 0 spiro atoms. The van der Waals surface area contributed by atoms with Gasteiger partial charge in [0.15, 0.2) is 0 Å². The van der Waals surface area contributed by atoms with Crippen molar-refractivity contribution in [3.8, 4) is 0 Å². The molecule has 0 atom stereocenters. The summed E-state index contributed by atoms with van der Waals surface area (Å²) in [5.74, 6) is 0.494. The molecule has 0 unspecified atom stereocenters. The molecule has 98 valence electrons. The van der Waals surface area contributed by atoms with Crippen LogP contribution in [-0.2, 0) is 9.53 Å². The highest BCUT2D eigenvalue weighted by molar-refractivity contribution is 5.72. The lowest BCUT2D eigenvalue weighted by Crippen LogP contribution is -2.23. The van der Waals surface area contributed by atoms with E-state index in [0.29, 0.717) is 12.5 Å². The minimum absolute atomic E-state index is 0.0359. The minimum Gasteiger partial charge on any atom is -0.466 e. The van der Waals surface area contributed by atoms with E-state index < -0.39 is 0 Å². The quantitative estimate of drug-likeness (QED) is 0.772. The summed E-state index contributed by atoms with van der Waals surface area (Å²) in [6.45, 7) is 4.29. The molecule has 1 fully saturated rings. The fourth-order valence-corrected chi connectivity index (χ4v) is 2.56. The molecule has 0 bridgehead atoms. The van der Waals surface area contributed by atoms with E-state index in [1.54, 1.807) is 6.20 Å². The van der Waals surface area contributed by atoms with E-state index in [-0.39, 0.29) is 11.9 Å². The molecule has 18 heavy (non-hydrogen) atoms. The van der Waals surface area contributed by atoms with Crippen LogP contribution in [0.15, 0.2) is 12.4 Å². The Labute approximate surface area is 108 Å². The minimum atomic E-state index is -0.0359. The first-order chi connectivity index (χ1) is 8.70. The van der Waals surface area contributed by atoms with Gasteiger partial charge < -0.3 is 4.74 Å². The zero-order chi connectivity index (χ0) is 13.0. The average Bonchev–Trinajstić information content (AvgIpc) is 2.39. The Balaban J connectivity index is 1.92. The SMILES string of the molecule is CCOC(=O)C1CCC(c2cncc(C)n2)CC1. The fourth-order valence-electron chi connectivity index (χ4n) is 2.56. The van der Waals surface area contributed by atoms with Crippen LogP contribution in [0.25, 0.3) is 0 Å². The molecule has 4 nitrogen and oxygen atoms in total. The number of rotatable bonds is 3. The topological polar surface area (TPSA) is 52.1 Å². The second-order valence-corrected chi connectivity index (χ2v) is 4.89. The van der Waals surface area contributed by atoms with Gasteiger partial charge >= 0.3 is 5.97 Å². The van der Waals surface area contributed by atoms with E-state index >= 15 is 0 Å². The van der Waals surface area contributed by atoms with Gasteiger partial charge in [-0.2, -0.15) is 0 Å². The molecule has 0 aromatic carbocycles. The van der Waals surface area contributed by atoms with Crippen LogP contribution in [0.5, 0.6) is 0 Å². The monoisotopic (exact) mass is 248 g/mol. The number of hydrogen-bond acceptors (Lipinski definition) is 4. The van der Waals surface area contributed by atoms with Crippen molar-refractivity contribution in [3.05, 3.63) is 23.8 Å². The summed E-state index contributed by atoms with van der Waals surface area (Å²) >= 11 is 0. The van der Waals surface area contributed by atoms with Crippen molar-refractivity contribution in [2.75, 3.05) is 6.61 Å². The van der Waals surface area contributed by atoms with E-state index in [4.69, 9.17) is 4.74 Å². The average molecular weight is 248 g/mol. The number of carbonyl (C=O) groups excluding carboxylic acids is 1. The normalized spacial score (nSPS) is 23.7. The van der Waals surface area contributed by atoms with E-state index in [1.165, 1.54) is 0 Å². The van der Waals surface area contributed by atoms with Gasteiger partial charge in [0.2, 0.25) is 0 Å². The number of esters is 1. The van der Waals surface area contributed by atoms with Gasteiger partial charge in [0.05, 0.1) is 23.9 Å². The van der Waals surface area contributed by atoms with Crippen LogP contribution >= 0.6 is 0 Å². The van der Waals surface area contributed by atoms with E-state index in [0.717, 1.165) is 37.1 Å². The lowest BCUT2D eigenvalue weighted by Gasteiger charge is -2.26. The largest absolute Gasteiger partial charge is 0.466 e. The molecule has 0 amide bonds. The zero-order valence-electron chi connectivity index (χ0n) is 11.1. The molecular weight excluding hydrogens is 228 g/mol. The third kappa shape index (κ3) is 3.06. The fraction of sp³-hybridized carbons (Fsp3) is 0.643. The second kappa shape index (κ2) is 5.94. The van der Waals surface area contributed by atoms with E-state index in [2.05, 4.69) is 9.97 Å². The Morgan fingerprint density at radius 2 is 2.06 bits per heavy atom. The van der Waals surface area contributed by atoms with Gasteiger partial charge in [0.25, 0.3) is 0 Å². The summed E-state index contributed by atoms with van der Waals surface area (Å²) in [6, 6.07) is 0. The Kier molecular flexibility index (Phi) is 4.28. The van der Waals surface area contributed by atoms with Crippen LogP contribution in [-0.4, -0.2) is 22.5 Å². The molecule has 1 aliphatic carbocycles. The molecule has 1 heterocycles. The second-order valence-electron chi connectivity index (χ2n) is 4.89. The lowest BCUT2D eigenvalue weighted by atomic mass is 9.80. The first-order valence-corrected chi connectivity index (χ1v) is 6.66. The predicted molar refractivity (Wildman–Crippen MR) is 68.1 cm³/mol. The van der Waals surface area contributed by atoms with Gasteiger partial charge in [-0.3, -0.25) is 14.8 Å². The molecule has 1 saturated carbocycles. The molecule has 0 saturated heterocycles. The van der Waals surface area contributed by atoms with Crippen LogP contribution in [0.3, 0.4) is 0 Å². The van der Waals surface area contributed by atoms with Crippen LogP contribution in [0.1, 0.15) is 49.9 Å². The summed E-state index contributed by atoms with van der Waals surface area (Å²) < 4.78 is 5.07. The van der Waals surface area contributed by atoms with E-state index in [9.17, 15) is 4.79 Å². The van der Waals surface area contributed by atoms with Crippen molar-refractivity contribution >= 4 is 5.97 Å². The number of ether oxygens (including phenoxy) is 1. The maximum Gasteiger partial charge on any atom is 0.308 e. The maximum absolute atomic E-state index is 11.6. The van der Waals surface area contributed by atoms with Gasteiger partial charge in [-0.1, -0.05) is 0 Å². The molecule has 4 heteroatoms. The number of nitrogens with zero attached hydrogens (tertiary/aromatic N) is 2. The maximum atomic E-state index is 11.6. The van der Waals surface area contributed by atoms with Gasteiger partial charge in [-0.25, -0.2) is 0 Å². The van der Waals surface area contributed by atoms with Crippen molar-refractivity contribution in [2.24, 2.45) is 5.92 Å². The van der Waals surface area contributed by atoms with Gasteiger partial charge in [0.1, 0.15) is 0 Å². The smallest absolute Gasteiger partial charge is 0.308 e. The first-order valence-electron chi connectivity index (χ1n) is 6.66. The number of carbonyl (C=O) groups is 1. The summed E-state index contributed by atoms with van der Waals surface area (Å²) in [4.78, 5) is 20.4. The molecule has 0 N–H and O–H groups in total. The summed E-state index contributed by atoms with van der Waals surface area (Å²) in [5.41, 5.74) is 2.03. The lowest BCUT2D eigenvalue weighted by molar-refractivity contribution is -0.149. The third-order valence-corrected chi connectivity index (χ3v) is 3.54. The van der Waals surface area contributed by atoms with Crippen molar-refractivity contribution in [1.29, 1.82) is 0 Å². The number of hydrogen-bond donors (Lipinski definition) is 0. The van der Waals surface area contributed by atoms with E-state index in [1.807, 2.05) is 20.0 Å². The molecule has 2 rings (SSSR count). The van der Waals surface area contributed by atoms with Crippen LogP contribution in [0.2, 0.25) is 0 Å². The zero-order valence-corrected chi connectivity index (χ0v) is 11.1. The van der Waals surface area contributed by atoms with Crippen molar-refractivity contribution in [3.63, 3.8) is 0 Å². The third-order valence-electron chi connectivity index (χ3n) is 3.54. The molecule has 1 aromatic heterocycles. The van der Waals surface area contributed by atoms with Crippen molar-refractivity contribution in [1.82, 2.24) is 9.97 Å². The number of aromatic nitrogens is 2. The Morgan fingerprint density at radius 1 is 1.33 bits per heavy atom. The van der Waals surface area contributed by atoms with Gasteiger partial charge in [-0.15, -0.1) is 0 Å².